The van der Waals surface area contributed by atoms with E-state index in [-0.39, 0.29) is 0 Å². The molecule has 3 aromatic carbocycles. The number of nitrogens with zero attached hydrogens (tertiary/aromatic N) is 5. The average Bonchev–Trinajstić information content (AvgIpc) is 3.31. The molecule has 6 rings (SSSR count). The second-order valence-electron chi connectivity index (χ2n) is 8.17. The number of benzene rings is 3. The highest BCUT2D eigenvalue weighted by molar-refractivity contribution is 5.89. The van der Waals surface area contributed by atoms with Crippen molar-refractivity contribution in [1.29, 1.82) is 0 Å². The number of halogens is 1. The monoisotopic (exact) mass is 457 g/mol. The maximum absolute atomic E-state index is 13.6. The van der Waals surface area contributed by atoms with Crippen LogP contribution in [0.1, 0.15) is 16.7 Å². The number of rotatable bonds is 5. The van der Waals surface area contributed by atoms with Gasteiger partial charge in [-0.25, -0.2) is 24.0 Å². The van der Waals surface area contributed by atoms with Gasteiger partial charge in [0.25, 0.3) is 0 Å². The quantitative estimate of drug-likeness (QED) is 0.304. The Balaban J connectivity index is 1.77. The van der Waals surface area contributed by atoms with Crippen molar-refractivity contribution in [1.82, 2.24) is 24.7 Å². The fourth-order valence-electron chi connectivity index (χ4n) is 4.69. The van der Waals surface area contributed by atoms with Crippen molar-refractivity contribution < 1.29 is 4.39 Å². The van der Waals surface area contributed by atoms with Crippen molar-refractivity contribution in [3.05, 3.63) is 144 Å². The Bertz CT molecular complexity index is 1480. The van der Waals surface area contributed by atoms with E-state index in [0.717, 1.165) is 34.5 Å². The predicted molar refractivity (Wildman–Crippen MR) is 133 cm³/mol. The summed E-state index contributed by atoms with van der Waals surface area (Å²) < 4.78 is 15.6. The zero-order chi connectivity index (χ0) is 23.7. The molecule has 3 aromatic heterocycles. The molecule has 35 heavy (non-hydrogen) atoms. The molecule has 0 aliphatic rings. The first kappa shape index (κ1) is 20.9. The molecule has 6 aromatic rings. The minimum absolute atomic E-state index is 0.339. The molecule has 0 amide bonds. The van der Waals surface area contributed by atoms with E-state index in [2.05, 4.69) is 46.4 Å². The van der Waals surface area contributed by atoms with Crippen molar-refractivity contribution in [2.75, 3.05) is 0 Å². The topological polar surface area (TPSA) is 56.5 Å². The van der Waals surface area contributed by atoms with Gasteiger partial charge >= 0.3 is 0 Å². The third kappa shape index (κ3) is 3.38. The molecule has 3 heterocycles. The van der Waals surface area contributed by atoms with Crippen molar-refractivity contribution >= 4 is 11.0 Å². The number of hydrogen-bond donors (Lipinski definition) is 0. The van der Waals surface area contributed by atoms with Crippen LogP contribution in [0, 0.1) is 5.82 Å². The Morgan fingerprint density at radius 3 is 1.63 bits per heavy atom. The third-order valence-corrected chi connectivity index (χ3v) is 6.17. The highest BCUT2D eigenvalue weighted by atomic mass is 19.1. The van der Waals surface area contributed by atoms with Crippen LogP contribution in [0.5, 0.6) is 0 Å². The van der Waals surface area contributed by atoms with E-state index in [1.165, 1.54) is 0 Å². The largest absolute Gasteiger partial charge is 0.237 e. The van der Waals surface area contributed by atoms with E-state index in [1.54, 1.807) is 6.20 Å². The second-order valence-corrected chi connectivity index (χ2v) is 8.17. The van der Waals surface area contributed by atoms with Crippen LogP contribution in [0.4, 0.5) is 4.39 Å². The SMILES string of the molecule is Fc1cnc(-c2nn(C(c3ccccc3)(c3ccccc3)c3ccccc3)c3ncccc23)nc1. The van der Waals surface area contributed by atoms with Crippen molar-refractivity contribution in [3.8, 4) is 11.5 Å². The van der Waals surface area contributed by atoms with Crippen LogP contribution in [-0.4, -0.2) is 24.7 Å². The van der Waals surface area contributed by atoms with Crippen LogP contribution in [-0.2, 0) is 5.54 Å². The first-order chi connectivity index (χ1) is 17.3. The summed E-state index contributed by atoms with van der Waals surface area (Å²) in [6, 6.07) is 34.6. The molecule has 0 saturated carbocycles. The van der Waals surface area contributed by atoms with Crippen LogP contribution >= 0.6 is 0 Å². The summed E-state index contributed by atoms with van der Waals surface area (Å²) in [6.07, 6.45) is 4.06. The Kier molecular flexibility index (Phi) is 5.11. The van der Waals surface area contributed by atoms with Crippen molar-refractivity contribution in [2.24, 2.45) is 0 Å². The summed E-state index contributed by atoms with van der Waals surface area (Å²) in [5, 5.41) is 5.88. The summed E-state index contributed by atoms with van der Waals surface area (Å²) in [5.41, 5.74) is 3.46. The fraction of sp³-hybridized carbons (Fsp3) is 0.0345. The first-order valence-electron chi connectivity index (χ1n) is 11.3. The van der Waals surface area contributed by atoms with Gasteiger partial charge in [-0.05, 0) is 28.8 Å². The van der Waals surface area contributed by atoms with Gasteiger partial charge in [-0.2, -0.15) is 5.10 Å². The van der Waals surface area contributed by atoms with Crippen LogP contribution < -0.4 is 0 Å². The molecule has 0 spiro atoms. The number of aromatic nitrogens is 5. The maximum atomic E-state index is 13.6. The number of hydrogen-bond acceptors (Lipinski definition) is 4. The minimum atomic E-state index is -0.839. The molecule has 0 radical (unpaired) electrons. The van der Waals surface area contributed by atoms with E-state index < -0.39 is 11.4 Å². The highest BCUT2D eigenvalue weighted by Crippen LogP contribution is 2.43. The second kappa shape index (κ2) is 8.57. The molecule has 0 atom stereocenters. The first-order valence-corrected chi connectivity index (χ1v) is 11.3. The van der Waals surface area contributed by atoms with Crippen LogP contribution in [0.3, 0.4) is 0 Å². The van der Waals surface area contributed by atoms with Gasteiger partial charge in [0, 0.05) is 6.20 Å². The summed E-state index contributed by atoms with van der Waals surface area (Å²) in [5.74, 6) is -0.158. The Hall–Kier alpha value is -4.71. The van der Waals surface area contributed by atoms with Gasteiger partial charge in [0.05, 0.1) is 17.8 Å². The maximum Gasteiger partial charge on any atom is 0.180 e. The van der Waals surface area contributed by atoms with E-state index in [9.17, 15) is 4.39 Å². The molecule has 0 N–H and O–H groups in total. The molecular weight excluding hydrogens is 437 g/mol. The van der Waals surface area contributed by atoms with Gasteiger partial charge in [0.2, 0.25) is 0 Å². The lowest BCUT2D eigenvalue weighted by molar-refractivity contribution is 0.473. The zero-order valence-corrected chi connectivity index (χ0v) is 18.7. The van der Waals surface area contributed by atoms with Crippen LogP contribution in [0.2, 0.25) is 0 Å². The lowest BCUT2D eigenvalue weighted by Crippen LogP contribution is -2.38. The summed E-state index contributed by atoms with van der Waals surface area (Å²) in [4.78, 5) is 13.2. The summed E-state index contributed by atoms with van der Waals surface area (Å²) >= 11 is 0. The molecule has 5 nitrogen and oxygen atoms in total. The number of pyridine rings is 1. The lowest BCUT2D eigenvalue weighted by atomic mass is 9.77. The molecule has 0 unspecified atom stereocenters. The Morgan fingerprint density at radius 2 is 1.11 bits per heavy atom. The standard InChI is InChI=1S/C29H20FN5/c30-24-19-32-27(33-20-24)26-25-17-10-18-31-28(25)35(34-26)29(21-11-4-1-5-12-21,22-13-6-2-7-14-22)23-15-8-3-9-16-23/h1-20H. The molecule has 0 aliphatic heterocycles. The number of fused-ring (bicyclic) bond motifs is 1. The van der Waals surface area contributed by atoms with E-state index >= 15 is 0 Å². The van der Waals surface area contributed by atoms with E-state index in [4.69, 9.17) is 10.1 Å². The smallest absolute Gasteiger partial charge is 0.180 e. The summed E-state index contributed by atoms with van der Waals surface area (Å²) in [7, 11) is 0. The molecule has 6 heteroatoms. The van der Waals surface area contributed by atoms with Crippen LogP contribution in [0.15, 0.2) is 122 Å². The van der Waals surface area contributed by atoms with Gasteiger partial charge in [0.1, 0.15) is 11.2 Å². The van der Waals surface area contributed by atoms with Gasteiger partial charge < -0.3 is 0 Å². The third-order valence-electron chi connectivity index (χ3n) is 6.17. The molecule has 0 fully saturated rings. The average molecular weight is 458 g/mol. The molecule has 168 valence electrons. The summed E-state index contributed by atoms with van der Waals surface area (Å²) in [6.45, 7) is 0. The molecular formula is C29H20FN5. The molecule has 0 aliphatic carbocycles. The van der Waals surface area contributed by atoms with Gasteiger partial charge in [-0.15, -0.1) is 0 Å². The minimum Gasteiger partial charge on any atom is -0.237 e. The molecule has 0 saturated heterocycles. The Labute approximate surface area is 201 Å². The van der Waals surface area contributed by atoms with E-state index in [1.807, 2.05) is 71.4 Å². The fourth-order valence-corrected chi connectivity index (χ4v) is 4.69. The van der Waals surface area contributed by atoms with Gasteiger partial charge in [0.15, 0.2) is 17.3 Å². The highest BCUT2D eigenvalue weighted by Gasteiger charge is 2.41. The van der Waals surface area contributed by atoms with Crippen molar-refractivity contribution in [2.45, 2.75) is 5.54 Å². The van der Waals surface area contributed by atoms with Crippen LogP contribution in [0.25, 0.3) is 22.6 Å². The Morgan fingerprint density at radius 1 is 0.600 bits per heavy atom. The predicted octanol–water partition coefficient (Wildman–Crippen LogP) is 5.87. The molecule has 0 bridgehead atoms. The zero-order valence-electron chi connectivity index (χ0n) is 18.7. The lowest BCUT2D eigenvalue weighted by Gasteiger charge is -2.36. The van der Waals surface area contributed by atoms with Gasteiger partial charge in [-0.1, -0.05) is 91.0 Å². The van der Waals surface area contributed by atoms with Crippen molar-refractivity contribution in [3.63, 3.8) is 0 Å². The van der Waals surface area contributed by atoms with Gasteiger partial charge in [-0.3, -0.25) is 0 Å². The normalized spacial score (nSPS) is 11.6. The van der Waals surface area contributed by atoms with E-state index in [0.29, 0.717) is 17.2 Å².